The lowest BCUT2D eigenvalue weighted by molar-refractivity contribution is -0.141. The average molecular weight is 301 g/mol. The Morgan fingerprint density at radius 1 is 1.55 bits per heavy atom. The van der Waals surface area contributed by atoms with Crippen LogP contribution in [0.3, 0.4) is 0 Å². The van der Waals surface area contributed by atoms with Crippen molar-refractivity contribution < 1.29 is 19.4 Å². The van der Waals surface area contributed by atoms with Crippen LogP contribution in [0, 0.1) is 11.3 Å². The Morgan fingerprint density at radius 3 is 2.80 bits per heavy atom. The van der Waals surface area contributed by atoms with E-state index >= 15 is 0 Å². The van der Waals surface area contributed by atoms with Crippen LogP contribution in [0.2, 0.25) is 0 Å². The van der Waals surface area contributed by atoms with Crippen LogP contribution in [0.5, 0.6) is 0 Å². The van der Waals surface area contributed by atoms with Crippen molar-refractivity contribution in [1.29, 1.82) is 5.26 Å². The number of nitriles is 1. The fourth-order valence-electron chi connectivity index (χ4n) is 1.98. The van der Waals surface area contributed by atoms with Gasteiger partial charge in [-0.05, 0) is 6.92 Å². The van der Waals surface area contributed by atoms with E-state index in [1.807, 2.05) is 13.0 Å². The van der Waals surface area contributed by atoms with Crippen LogP contribution in [0.15, 0.2) is 0 Å². The largest absolute Gasteiger partial charge is 0.480 e. The van der Waals surface area contributed by atoms with Gasteiger partial charge in [0.15, 0.2) is 0 Å². The van der Waals surface area contributed by atoms with Crippen LogP contribution in [0.4, 0.5) is 4.79 Å². The van der Waals surface area contributed by atoms with E-state index in [0.717, 1.165) is 0 Å². The number of rotatable bonds is 6. The van der Waals surface area contributed by atoms with Gasteiger partial charge in [0.05, 0.1) is 24.5 Å². The molecule has 0 aromatic rings. The molecule has 1 aliphatic heterocycles. The number of aliphatic carboxylic acids is 1. The van der Waals surface area contributed by atoms with Gasteiger partial charge in [-0.3, -0.25) is 4.90 Å². The number of carboxylic acid groups (broad SMARTS) is 1. The van der Waals surface area contributed by atoms with Gasteiger partial charge >= 0.3 is 12.0 Å². The monoisotopic (exact) mass is 301 g/mol. The lowest BCUT2D eigenvalue weighted by Crippen LogP contribution is -2.52. The minimum absolute atomic E-state index is 0.185. The first kappa shape index (κ1) is 16.6. The summed E-state index contributed by atoms with van der Waals surface area (Å²) in [6.45, 7) is 2.78. The third kappa shape index (κ3) is 4.02. The van der Waals surface area contributed by atoms with E-state index in [0.29, 0.717) is 18.9 Å². The second-order valence-corrected chi connectivity index (χ2v) is 5.71. The third-order valence-corrected chi connectivity index (χ3v) is 4.28. The first-order chi connectivity index (χ1) is 9.52. The van der Waals surface area contributed by atoms with E-state index in [9.17, 15) is 14.7 Å². The molecule has 2 unspecified atom stereocenters. The summed E-state index contributed by atoms with van der Waals surface area (Å²) in [6, 6.07) is 0.835. The van der Waals surface area contributed by atoms with Gasteiger partial charge in [-0.25, -0.2) is 9.59 Å². The summed E-state index contributed by atoms with van der Waals surface area (Å²) in [6.07, 6.45) is 0.211. The van der Waals surface area contributed by atoms with Crippen molar-refractivity contribution in [3.63, 3.8) is 0 Å². The fraction of sp³-hybridized carbons (Fsp3) is 0.750. The van der Waals surface area contributed by atoms with E-state index in [-0.39, 0.29) is 24.4 Å². The van der Waals surface area contributed by atoms with Crippen LogP contribution < -0.4 is 0 Å². The molecule has 1 rings (SSSR count). The van der Waals surface area contributed by atoms with Crippen molar-refractivity contribution >= 4 is 23.8 Å². The molecule has 0 aromatic carbocycles. The number of methoxy groups -OCH3 is 1. The Labute approximate surface area is 122 Å². The molecule has 0 spiro atoms. The van der Waals surface area contributed by atoms with Crippen molar-refractivity contribution in [1.82, 2.24) is 9.80 Å². The molecule has 0 bridgehead atoms. The summed E-state index contributed by atoms with van der Waals surface area (Å²) in [5.74, 6) is -0.610. The molecule has 20 heavy (non-hydrogen) atoms. The minimum atomic E-state index is -0.998. The molecule has 2 amide bonds. The first-order valence-electron chi connectivity index (χ1n) is 6.30. The van der Waals surface area contributed by atoms with E-state index < -0.39 is 12.0 Å². The number of amides is 2. The smallest absolute Gasteiger partial charge is 0.327 e. The number of hydrogen-bond donors (Lipinski definition) is 1. The fourth-order valence-corrected chi connectivity index (χ4v) is 3.14. The summed E-state index contributed by atoms with van der Waals surface area (Å²) in [7, 11) is 1.53. The molecule has 1 fully saturated rings. The van der Waals surface area contributed by atoms with Gasteiger partial charge in [-0.2, -0.15) is 5.26 Å². The van der Waals surface area contributed by atoms with E-state index in [1.165, 1.54) is 28.7 Å². The molecular weight excluding hydrogens is 282 g/mol. The van der Waals surface area contributed by atoms with Crippen LogP contribution in [0.1, 0.15) is 13.3 Å². The van der Waals surface area contributed by atoms with E-state index in [4.69, 9.17) is 10.00 Å². The maximum absolute atomic E-state index is 12.5. The maximum atomic E-state index is 12.5. The third-order valence-electron chi connectivity index (χ3n) is 3.06. The zero-order valence-electron chi connectivity index (χ0n) is 11.6. The molecule has 112 valence electrons. The van der Waals surface area contributed by atoms with Gasteiger partial charge < -0.3 is 14.7 Å². The first-order valence-corrected chi connectivity index (χ1v) is 7.35. The molecule has 1 heterocycles. The van der Waals surface area contributed by atoms with Gasteiger partial charge in [-0.1, -0.05) is 0 Å². The molecule has 7 nitrogen and oxygen atoms in total. The molecule has 0 aliphatic carbocycles. The predicted octanol–water partition coefficient (Wildman–Crippen LogP) is 0.816. The van der Waals surface area contributed by atoms with Gasteiger partial charge in [0, 0.05) is 26.0 Å². The zero-order chi connectivity index (χ0) is 15.1. The Morgan fingerprint density at radius 2 is 2.25 bits per heavy atom. The summed E-state index contributed by atoms with van der Waals surface area (Å²) in [5.41, 5.74) is 0. The van der Waals surface area contributed by atoms with Gasteiger partial charge in [-0.15, -0.1) is 11.8 Å². The minimum Gasteiger partial charge on any atom is -0.480 e. The number of carbonyl (C=O) groups is 2. The number of urea groups is 1. The van der Waals surface area contributed by atoms with Crippen LogP contribution in [-0.4, -0.2) is 70.9 Å². The van der Waals surface area contributed by atoms with Gasteiger partial charge in [0.2, 0.25) is 0 Å². The van der Waals surface area contributed by atoms with Crippen molar-refractivity contribution in [2.45, 2.75) is 24.8 Å². The number of carboxylic acids is 1. The average Bonchev–Trinajstić information content (AvgIpc) is 2.80. The maximum Gasteiger partial charge on any atom is 0.327 e. The molecule has 0 aromatic heterocycles. The van der Waals surface area contributed by atoms with Crippen LogP contribution in [-0.2, 0) is 9.53 Å². The molecule has 2 atom stereocenters. The second kappa shape index (κ2) is 7.97. The van der Waals surface area contributed by atoms with Crippen LogP contribution >= 0.6 is 11.8 Å². The van der Waals surface area contributed by atoms with Crippen molar-refractivity contribution in [3.05, 3.63) is 0 Å². The number of nitrogens with zero attached hydrogens (tertiary/aromatic N) is 3. The second-order valence-electron chi connectivity index (χ2n) is 4.36. The highest BCUT2D eigenvalue weighted by Gasteiger charge is 2.41. The van der Waals surface area contributed by atoms with E-state index in [2.05, 4.69) is 0 Å². The van der Waals surface area contributed by atoms with Crippen molar-refractivity contribution in [2.24, 2.45) is 0 Å². The quantitative estimate of drug-likeness (QED) is 0.780. The lowest BCUT2D eigenvalue weighted by atomic mass is 10.3. The lowest BCUT2D eigenvalue weighted by Gasteiger charge is -2.31. The molecule has 0 saturated carbocycles. The Hall–Kier alpha value is -1.46. The number of carbonyl (C=O) groups excluding carboxylic acids is 1. The number of hydrogen-bond acceptors (Lipinski definition) is 5. The summed E-state index contributed by atoms with van der Waals surface area (Å²) in [5, 5.41) is 17.6. The topological polar surface area (TPSA) is 93.9 Å². The van der Waals surface area contributed by atoms with Crippen molar-refractivity contribution in [2.75, 3.05) is 32.6 Å². The highest BCUT2D eigenvalue weighted by Crippen LogP contribution is 2.29. The molecule has 1 N–H and O–H groups in total. The van der Waals surface area contributed by atoms with Gasteiger partial charge in [0.25, 0.3) is 0 Å². The van der Waals surface area contributed by atoms with Crippen molar-refractivity contribution in [3.8, 4) is 6.07 Å². The predicted molar refractivity (Wildman–Crippen MR) is 74.3 cm³/mol. The van der Waals surface area contributed by atoms with Crippen LogP contribution in [0.25, 0.3) is 0 Å². The summed E-state index contributed by atoms with van der Waals surface area (Å²) in [4.78, 5) is 26.6. The Bertz CT molecular complexity index is 399. The molecule has 8 heteroatoms. The Kier molecular flexibility index (Phi) is 6.61. The van der Waals surface area contributed by atoms with E-state index in [1.54, 1.807) is 0 Å². The zero-order valence-corrected chi connectivity index (χ0v) is 12.4. The molecule has 1 aliphatic rings. The molecule has 0 radical (unpaired) electrons. The molecular formula is C12H19N3O4S. The highest BCUT2D eigenvalue weighted by atomic mass is 32.2. The molecule has 1 saturated heterocycles. The normalized spacial score (nSPS) is 21.6. The number of thioether (sulfide) groups is 1. The highest BCUT2D eigenvalue weighted by molar-refractivity contribution is 8.00. The SMILES string of the molecule is COCCN(CCC#N)C(=O)N1C(C)SCC1C(=O)O. The standard InChI is InChI=1S/C12H19N3O4S/c1-9-15(10(8-20-9)11(16)17)12(18)14(5-3-4-13)6-7-19-2/h9-10H,3,5-8H2,1-2H3,(H,16,17). The summed E-state index contributed by atoms with van der Waals surface area (Å²) >= 11 is 1.44. The Balaban J connectivity index is 2.80. The number of ether oxygens (including phenoxy) is 1. The summed E-state index contributed by atoms with van der Waals surface area (Å²) < 4.78 is 4.95. The van der Waals surface area contributed by atoms with Gasteiger partial charge in [0.1, 0.15) is 6.04 Å².